The number of thioether (sulfide) groups is 1. The van der Waals surface area contributed by atoms with Gasteiger partial charge in [0.15, 0.2) is 0 Å². The van der Waals surface area contributed by atoms with Gasteiger partial charge in [0, 0.05) is 5.56 Å². The number of benzene rings is 2. The molecule has 1 aliphatic carbocycles. The average molecular weight is 419 g/mol. The van der Waals surface area contributed by atoms with E-state index in [0.717, 1.165) is 0 Å². The molecule has 0 bridgehead atoms. The first kappa shape index (κ1) is 21.5. The van der Waals surface area contributed by atoms with E-state index in [9.17, 15) is 10.1 Å². The molecule has 0 aromatic heterocycles. The molecule has 0 N–H and O–H groups in total. The van der Waals surface area contributed by atoms with Crippen LogP contribution in [0.25, 0.3) is 0 Å². The van der Waals surface area contributed by atoms with Crippen LogP contribution in [0.4, 0.5) is 0 Å². The SMILES string of the molecule is CSC(C#N)=C[C@@H]1[C@@H](C(=O)O[C@H](C#N)c2cccc(Oc3ccccc3)c2)C1(C)C. The predicted molar refractivity (Wildman–Crippen MR) is 115 cm³/mol. The lowest BCUT2D eigenvalue weighted by atomic mass is 10.1. The molecule has 3 rings (SSSR count). The molecule has 0 heterocycles. The lowest BCUT2D eigenvalue weighted by Gasteiger charge is -2.13. The van der Waals surface area contributed by atoms with Gasteiger partial charge in [0.1, 0.15) is 23.6 Å². The summed E-state index contributed by atoms with van der Waals surface area (Å²) in [5, 5.41) is 18.8. The Labute approximate surface area is 180 Å². The lowest BCUT2D eigenvalue weighted by Crippen LogP contribution is -2.14. The molecule has 2 aromatic rings. The maximum Gasteiger partial charge on any atom is 0.311 e. The van der Waals surface area contributed by atoms with Crippen molar-refractivity contribution >= 4 is 17.7 Å². The number of rotatable bonds is 7. The standard InChI is InChI=1S/C24H22N2O3S/c1-24(2)20(13-19(14-25)30-3)22(24)23(27)29-21(15-26)16-8-7-11-18(12-16)28-17-9-5-4-6-10-17/h4-13,20-22H,1-3H3/t20-,21-,22+/m1/s1. The number of allylic oxidation sites excluding steroid dienone is 2. The summed E-state index contributed by atoms with van der Waals surface area (Å²) in [4.78, 5) is 13.4. The van der Waals surface area contributed by atoms with Crippen LogP contribution in [-0.4, -0.2) is 12.2 Å². The van der Waals surface area contributed by atoms with Crippen molar-refractivity contribution in [2.75, 3.05) is 6.26 Å². The van der Waals surface area contributed by atoms with Gasteiger partial charge in [0.25, 0.3) is 0 Å². The quantitative estimate of drug-likeness (QED) is 0.428. The molecule has 0 unspecified atom stereocenters. The average Bonchev–Trinajstić information content (AvgIpc) is 3.30. The highest BCUT2D eigenvalue weighted by atomic mass is 32.2. The fourth-order valence-corrected chi connectivity index (χ4v) is 3.85. The Hall–Kier alpha value is -3.22. The van der Waals surface area contributed by atoms with Crippen LogP contribution in [0.15, 0.2) is 65.6 Å². The molecule has 0 saturated heterocycles. The summed E-state index contributed by atoms with van der Waals surface area (Å²) in [6.07, 6.45) is 2.62. The van der Waals surface area contributed by atoms with Gasteiger partial charge in [-0.15, -0.1) is 11.8 Å². The fraction of sp³-hybridized carbons (Fsp3) is 0.292. The molecule has 1 fully saturated rings. The molecule has 0 radical (unpaired) electrons. The fourth-order valence-electron chi connectivity index (χ4n) is 3.48. The second-order valence-electron chi connectivity index (χ2n) is 7.61. The molecule has 30 heavy (non-hydrogen) atoms. The van der Waals surface area contributed by atoms with Gasteiger partial charge in [-0.05, 0) is 41.9 Å². The van der Waals surface area contributed by atoms with Crippen molar-refractivity contribution in [2.24, 2.45) is 17.3 Å². The van der Waals surface area contributed by atoms with Gasteiger partial charge in [-0.2, -0.15) is 10.5 Å². The van der Waals surface area contributed by atoms with Crippen LogP contribution < -0.4 is 4.74 Å². The number of carbonyl (C=O) groups excluding carboxylic acids is 1. The summed E-state index contributed by atoms with van der Waals surface area (Å²) in [7, 11) is 0. The number of hydrogen-bond donors (Lipinski definition) is 0. The smallest absolute Gasteiger partial charge is 0.311 e. The van der Waals surface area contributed by atoms with Gasteiger partial charge < -0.3 is 9.47 Å². The van der Waals surface area contributed by atoms with Crippen molar-refractivity contribution in [3.8, 4) is 23.6 Å². The van der Waals surface area contributed by atoms with E-state index in [1.165, 1.54) is 11.8 Å². The Morgan fingerprint density at radius 1 is 1.13 bits per heavy atom. The highest BCUT2D eigenvalue weighted by molar-refractivity contribution is 8.02. The summed E-state index contributed by atoms with van der Waals surface area (Å²) in [6, 6.07) is 20.5. The third-order valence-electron chi connectivity index (χ3n) is 5.32. The summed E-state index contributed by atoms with van der Waals surface area (Å²) in [6.45, 7) is 3.93. The number of ether oxygens (including phenoxy) is 2. The molecule has 6 heteroatoms. The Bertz CT molecular complexity index is 1030. The maximum absolute atomic E-state index is 12.8. The summed E-state index contributed by atoms with van der Waals surface area (Å²) < 4.78 is 11.4. The molecule has 0 aliphatic heterocycles. The molecule has 0 spiro atoms. The van der Waals surface area contributed by atoms with Crippen molar-refractivity contribution in [3.63, 3.8) is 0 Å². The monoisotopic (exact) mass is 418 g/mol. The van der Waals surface area contributed by atoms with Crippen LogP contribution in [0.1, 0.15) is 25.5 Å². The zero-order valence-corrected chi connectivity index (χ0v) is 17.8. The zero-order valence-electron chi connectivity index (χ0n) is 17.0. The highest BCUT2D eigenvalue weighted by Crippen LogP contribution is 2.60. The zero-order chi connectivity index (χ0) is 21.7. The molecule has 2 aromatic carbocycles. The minimum Gasteiger partial charge on any atom is -0.457 e. The summed E-state index contributed by atoms with van der Waals surface area (Å²) in [5.74, 6) is 0.338. The van der Waals surface area contributed by atoms with Crippen LogP contribution in [0.2, 0.25) is 0 Å². The third-order valence-corrected chi connectivity index (χ3v) is 5.98. The van der Waals surface area contributed by atoms with Crippen molar-refractivity contribution in [1.29, 1.82) is 10.5 Å². The van der Waals surface area contributed by atoms with E-state index in [4.69, 9.17) is 14.7 Å². The van der Waals surface area contributed by atoms with Crippen LogP contribution in [-0.2, 0) is 9.53 Å². The van der Waals surface area contributed by atoms with Crippen LogP contribution in [0.5, 0.6) is 11.5 Å². The molecular formula is C24H22N2O3S. The number of carbonyl (C=O) groups is 1. The first-order valence-corrected chi connectivity index (χ1v) is 10.7. The van der Waals surface area contributed by atoms with Gasteiger partial charge in [0.2, 0.25) is 6.10 Å². The number of nitriles is 2. The lowest BCUT2D eigenvalue weighted by molar-refractivity contribution is -0.149. The second kappa shape index (κ2) is 9.07. The predicted octanol–water partition coefficient (Wildman–Crippen LogP) is 5.63. The van der Waals surface area contributed by atoms with E-state index in [1.807, 2.05) is 56.5 Å². The molecule has 3 atom stereocenters. The molecule has 152 valence electrons. The maximum atomic E-state index is 12.8. The topological polar surface area (TPSA) is 83.1 Å². The second-order valence-corrected chi connectivity index (χ2v) is 8.45. The van der Waals surface area contributed by atoms with Crippen molar-refractivity contribution < 1.29 is 14.3 Å². The normalized spacial score (nSPS) is 20.4. The Morgan fingerprint density at radius 3 is 2.47 bits per heavy atom. The number of para-hydroxylation sites is 1. The number of nitrogens with zero attached hydrogens (tertiary/aromatic N) is 2. The summed E-state index contributed by atoms with van der Waals surface area (Å²) in [5.41, 5.74) is 0.236. The first-order chi connectivity index (χ1) is 14.4. The Morgan fingerprint density at radius 2 is 1.83 bits per heavy atom. The molecule has 1 aliphatic rings. The van der Waals surface area contributed by atoms with Crippen LogP contribution in [0, 0.1) is 39.9 Å². The molecule has 0 amide bonds. The minimum absolute atomic E-state index is 0.0841. The van der Waals surface area contributed by atoms with E-state index >= 15 is 0 Å². The van der Waals surface area contributed by atoms with E-state index in [0.29, 0.717) is 22.0 Å². The van der Waals surface area contributed by atoms with Gasteiger partial charge in [-0.3, -0.25) is 4.79 Å². The Balaban J connectivity index is 1.72. The van der Waals surface area contributed by atoms with Gasteiger partial charge in [-0.25, -0.2) is 0 Å². The highest BCUT2D eigenvalue weighted by Gasteiger charge is 2.62. The van der Waals surface area contributed by atoms with Gasteiger partial charge in [0.05, 0.1) is 10.8 Å². The third kappa shape index (κ3) is 4.67. The summed E-state index contributed by atoms with van der Waals surface area (Å²) >= 11 is 1.35. The van der Waals surface area contributed by atoms with Crippen molar-refractivity contribution in [2.45, 2.75) is 20.0 Å². The van der Waals surface area contributed by atoms with E-state index < -0.39 is 12.1 Å². The van der Waals surface area contributed by atoms with E-state index in [-0.39, 0.29) is 17.3 Å². The first-order valence-electron chi connectivity index (χ1n) is 9.49. The van der Waals surface area contributed by atoms with Gasteiger partial charge >= 0.3 is 5.97 Å². The molecule has 1 saturated carbocycles. The largest absolute Gasteiger partial charge is 0.457 e. The van der Waals surface area contributed by atoms with Crippen molar-refractivity contribution in [1.82, 2.24) is 0 Å². The molecule has 5 nitrogen and oxygen atoms in total. The number of hydrogen-bond acceptors (Lipinski definition) is 6. The minimum atomic E-state index is -1.03. The van der Waals surface area contributed by atoms with Crippen LogP contribution >= 0.6 is 11.8 Å². The van der Waals surface area contributed by atoms with Crippen molar-refractivity contribution in [3.05, 3.63) is 71.1 Å². The van der Waals surface area contributed by atoms with Gasteiger partial charge in [-0.1, -0.05) is 50.3 Å². The van der Waals surface area contributed by atoms with E-state index in [1.54, 1.807) is 24.3 Å². The van der Waals surface area contributed by atoms with E-state index in [2.05, 4.69) is 12.1 Å². The molecular weight excluding hydrogens is 396 g/mol. The Kier molecular flexibility index (Phi) is 6.50. The van der Waals surface area contributed by atoms with Crippen LogP contribution in [0.3, 0.4) is 0 Å². The number of esters is 1.